The van der Waals surface area contributed by atoms with Crippen LogP contribution in [0.15, 0.2) is 22.7 Å². The van der Waals surface area contributed by atoms with Gasteiger partial charge in [0.15, 0.2) is 0 Å². The van der Waals surface area contributed by atoms with Gasteiger partial charge in [-0.05, 0) is 34.1 Å². The summed E-state index contributed by atoms with van der Waals surface area (Å²) in [4.78, 5) is 24.1. The highest BCUT2D eigenvalue weighted by molar-refractivity contribution is 9.10. The van der Waals surface area contributed by atoms with Crippen molar-refractivity contribution in [1.29, 1.82) is 0 Å². The summed E-state index contributed by atoms with van der Waals surface area (Å²) in [5.41, 5.74) is 6.78. The number of benzene rings is 1. The Morgan fingerprint density at radius 3 is 2.33 bits per heavy atom. The van der Waals surface area contributed by atoms with Crippen LogP contribution in [0.4, 0.5) is 11.4 Å². The number of amides is 2. The first-order valence-electron chi connectivity index (χ1n) is 4.50. The fourth-order valence-electron chi connectivity index (χ4n) is 1.52. The molecule has 1 aromatic carbocycles. The second-order valence-corrected chi connectivity index (χ2v) is 4.18. The SMILES string of the molecule is Nc1ccc(N2C(=O)CCC2=O)cc1Br. The van der Waals surface area contributed by atoms with Gasteiger partial charge in [0.1, 0.15) is 0 Å². The van der Waals surface area contributed by atoms with E-state index in [1.54, 1.807) is 18.2 Å². The van der Waals surface area contributed by atoms with Crippen molar-refractivity contribution in [2.24, 2.45) is 0 Å². The zero-order valence-corrected chi connectivity index (χ0v) is 9.45. The van der Waals surface area contributed by atoms with Crippen molar-refractivity contribution in [2.45, 2.75) is 12.8 Å². The van der Waals surface area contributed by atoms with E-state index in [0.29, 0.717) is 28.7 Å². The van der Waals surface area contributed by atoms with Crippen molar-refractivity contribution in [1.82, 2.24) is 0 Å². The van der Waals surface area contributed by atoms with Gasteiger partial charge in [-0.2, -0.15) is 0 Å². The topological polar surface area (TPSA) is 63.4 Å². The number of imide groups is 1. The van der Waals surface area contributed by atoms with E-state index in [0.717, 1.165) is 0 Å². The molecule has 5 heteroatoms. The van der Waals surface area contributed by atoms with Gasteiger partial charge in [0.2, 0.25) is 11.8 Å². The molecule has 0 atom stereocenters. The van der Waals surface area contributed by atoms with Crippen molar-refractivity contribution in [3.05, 3.63) is 22.7 Å². The van der Waals surface area contributed by atoms with Crippen molar-refractivity contribution < 1.29 is 9.59 Å². The number of hydrogen-bond donors (Lipinski definition) is 1. The molecule has 2 rings (SSSR count). The van der Waals surface area contributed by atoms with Crippen LogP contribution in [0, 0.1) is 0 Å². The van der Waals surface area contributed by atoms with E-state index in [9.17, 15) is 9.59 Å². The Bertz CT molecular complexity index is 429. The van der Waals surface area contributed by atoms with Gasteiger partial charge >= 0.3 is 0 Å². The molecule has 0 bridgehead atoms. The summed E-state index contributed by atoms with van der Waals surface area (Å²) in [7, 11) is 0. The molecule has 0 radical (unpaired) electrons. The average molecular weight is 269 g/mol. The van der Waals surface area contributed by atoms with Crippen LogP contribution in [0.1, 0.15) is 12.8 Å². The third-order valence-corrected chi connectivity index (χ3v) is 2.98. The predicted molar refractivity (Wildman–Crippen MR) is 60.3 cm³/mol. The lowest BCUT2D eigenvalue weighted by Gasteiger charge is -2.14. The normalized spacial score (nSPS) is 16.2. The monoisotopic (exact) mass is 268 g/mol. The van der Waals surface area contributed by atoms with Crippen molar-refractivity contribution in [2.75, 3.05) is 10.6 Å². The molecule has 1 saturated heterocycles. The average Bonchev–Trinajstić information content (AvgIpc) is 2.52. The van der Waals surface area contributed by atoms with Gasteiger partial charge in [-0.3, -0.25) is 14.5 Å². The van der Waals surface area contributed by atoms with Gasteiger partial charge < -0.3 is 5.73 Å². The van der Waals surface area contributed by atoms with E-state index in [2.05, 4.69) is 15.9 Å². The van der Waals surface area contributed by atoms with Crippen LogP contribution in [0.5, 0.6) is 0 Å². The number of nitrogens with two attached hydrogens (primary N) is 1. The molecule has 0 unspecified atom stereocenters. The smallest absolute Gasteiger partial charge is 0.234 e. The Morgan fingerprint density at radius 1 is 1.20 bits per heavy atom. The molecule has 4 nitrogen and oxygen atoms in total. The summed E-state index contributed by atoms with van der Waals surface area (Å²) in [6.07, 6.45) is 0.585. The lowest BCUT2D eigenvalue weighted by Crippen LogP contribution is -2.28. The molecule has 0 aromatic heterocycles. The molecule has 1 aliphatic heterocycles. The molecule has 1 heterocycles. The van der Waals surface area contributed by atoms with E-state index in [1.807, 2.05) is 0 Å². The predicted octanol–water partition coefficient (Wildman–Crippen LogP) is 1.68. The first-order valence-corrected chi connectivity index (χ1v) is 5.29. The number of nitrogen functional groups attached to an aromatic ring is 1. The molecular weight excluding hydrogens is 260 g/mol. The van der Waals surface area contributed by atoms with Crippen LogP contribution >= 0.6 is 15.9 Å². The molecule has 0 aliphatic carbocycles. The second kappa shape index (κ2) is 3.66. The fraction of sp³-hybridized carbons (Fsp3) is 0.200. The van der Waals surface area contributed by atoms with Crippen molar-refractivity contribution in [3.63, 3.8) is 0 Å². The van der Waals surface area contributed by atoms with Crippen LogP contribution in [0.2, 0.25) is 0 Å². The number of anilines is 2. The Labute approximate surface area is 95.2 Å². The third-order valence-electron chi connectivity index (χ3n) is 2.29. The molecule has 2 amide bonds. The largest absolute Gasteiger partial charge is 0.398 e. The molecule has 1 aromatic rings. The number of halogens is 1. The van der Waals surface area contributed by atoms with Gasteiger partial charge in [0.05, 0.1) is 5.69 Å². The molecule has 0 saturated carbocycles. The highest BCUT2D eigenvalue weighted by atomic mass is 79.9. The summed E-state index contributed by atoms with van der Waals surface area (Å²) in [5, 5.41) is 0. The van der Waals surface area contributed by atoms with Crippen LogP contribution in [0.25, 0.3) is 0 Å². The number of nitrogens with zero attached hydrogens (tertiary/aromatic N) is 1. The highest BCUT2D eigenvalue weighted by Crippen LogP contribution is 2.28. The summed E-state index contributed by atoms with van der Waals surface area (Å²) >= 11 is 3.26. The maximum Gasteiger partial charge on any atom is 0.234 e. The minimum atomic E-state index is -0.156. The van der Waals surface area contributed by atoms with Gasteiger partial charge in [0.25, 0.3) is 0 Å². The van der Waals surface area contributed by atoms with Gasteiger partial charge in [-0.25, -0.2) is 0 Å². The summed E-state index contributed by atoms with van der Waals surface area (Å²) in [6, 6.07) is 5.01. The van der Waals surface area contributed by atoms with Crippen LogP contribution in [0.3, 0.4) is 0 Å². The molecule has 2 N–H and O–H groups in total. The molecule has 1 fully saturated rings. The van der Waals surface area contributed by atoms with Crippen molar-refractivity contribution in [3.8, 4) is 0 Å². The molecular formula is C10H9BrN2O2. The number of hydrogen-bond acceptors (Lipinski definition) is 3. The van der Waals surface area contributed by atoms with Gasteiger partial charge in [0, 0.05) is 23.0 Å². The van der Waals surface area contributed by atoms with Gasteiger partial charge in [-0.1, -0.05) is 0 Å². The first kappa shape index (κ1) is 10.2. The standard InChI is InChI=1S/C10H9BrN2O2/c11-7-5-6(1-2-8(7)12)13-9(14)3-4-10(13)15/h1-2,5H,3-4,12H2. The highest BCUT2D eigenvalue weighted by Gasteiger charge is 2.30. The zero-order valence-electron chi connectivity index (χ0n) is 7.87. The number of carbonyl (C=O) groups is 2. The quantitative estimate of drug-likeness (QED) is 0.623. The lowest BCUT2D eigenvalue weighted by molar-refractivity contribution is -0.121. The Hall–Kier alpha value is -1.36. The maximum absolute atomic E-state index is 11.4. The molecule has 0 spiro atoms. The lowest BCUT2D eigenvalue weighted by atomic mass is 10.2. The minimum Gasteiger partial charge on any atom is -0.398 e. The minimum absolute atomic E-state index is 0.156. The molecule has 15 heavy (non-hydrogen) atoms. The van der Waals surface area contributed by atoms with E-state index < -0.39 is 0 Å². The fourth-order valence-corrected chi connectivity index (χ4v) is 1.89. The maximum atomic E-state index is 11.4. The summed E-state index contributed by atoms with van der Waals surface area (Å²) in [5.74, 6) is -0.312. The van der Waals surface area contributed by atoms with E-state index >= 15 is 0 Å². The second-order valence-electron chi connectivity index (χ2n) is 3.33. The molecule has 1 aliphatic rings. The Morgan fingerprint density at radius 2 is 1.80 bits per heavy atom. The van der Waals surface area contributed by atoms with E-state index in [1.165, 1.54) is 4.90 Å². The van der Waals surface area contributed by atoms with Crippen LogP contribution < -0.4 is 10.6 Å². The Balaban J connectivity index is 2.41. The van der Waals surface area contributed by atoms with E-state index in [-0.39, 0.29) is 11.8 Å². The molecule has 78 valence electrons. The van der Waals surface area contributed by atoms with Crippen molar-refractivity contribution >= 4 is 39.1 Å². The van der Waals surface area contributed by atoms with Crippen LogP contribution in [-0.4, -0.2) is 11.8 Å². The number of rotatable bonds is 1. The summed E-state index contributed by atoms with van der Waals surface area (Å²) < 4.78 is 0.688. The number of carbonyl (C=O) groups excluding carboxylic acids is 2. The Kier molecular flexibility index (Phi) is 2.48. The third kappa shape index (κ3) is 1.74. The zero-order chi connectivity index (χ0) is 11.0. The van der Waals surface area contributed by atoms with Crippen LogP contribution in [-0.2, 0) is 9.59 Å². The van der Waals surface area contributed by atoms with Gasteiger partial charge in [-0.15, -0.1) is 0 Å². The summed E-state index contributed by atoms with van der Waals surface area (Å²) in [6.45, 7) is 0. The van der Waals surface area contributed by atoms with E-state index in [4.69, 9.17) is 5.73 Å². The first-order chi connectivity index (χ1) is 7.09.